The molecule has 11 heteroatoms. The maximum absolute atomic E-state index is 12.9. The Hall–Kier alpha value is -2.01. The molecular weight excluding hydrogens is 474 g/mol. The maximum Gasteiger partial charge on any atom is 0.305 e. The van der Waals surface area contributed by atoms with Crippen LogP contribution in [0.1, 0.15) is 52.7 Å². The number of hydrogen-bond acceptors (Lipinski definition) is 7. The molecule has 174 valence electrons. The van der Waals surface area contributed by atoms with E-state index in [9.17, 15) is 18.0 Å². The highest BCUT2D eigenvalue weighted by Gasteiger charge is 2.31. The number of rotatable bonds is 8. The zero-order valence-corrected chi connectivity index (χ0v) is 20.4. The quantitative estimate of drug-likeness (QED) is 0.441. The number of amides is 1. The Balaban J connectivity index is 1.54. The van der Waals surface area contributed by atoms with Crippen LogP contribution in [0.5, 0.6) is 0 Å². The van der Waals surface area contributed by atoms with Gasteiger partial charge in [-0.25, -0.2) is 13.4 Å². The van der Waals surface area contributed by atoms with Gasteiger partial charge in [-0.05, 0) is 43.9 Å². The number of nitrogens with zero attached hydrogens (tertiary/aromatic N) is 2. The molecule has 2 aromatic rings. The molecule has 32 heavy (non-hydrogen) atoms. The minimum absolute atomic E-state index is 0.105. The number of carbonyl (C=O) groups is 2. The lowest BCUT2D eigenvalue weighted by Crippen LogP contribution is -2.37. The second kappa shape index (κ2) is 10.7. The topological polar surface area (TPSA) is 106 Å². The second-order valence-electron chi connectivity index (χ2n) is 7.60. The molecule has 1 N–H and O–H groups in total. The number of methoxy groups -OCH3 is 1. The summed E-state index contributed by atoms with van der Waals surface area (Å²) in [5, 5.41) is 5.72. The third-order valence-corrected chi connectivity index (χ3v) is 8.72. The molecule has 1 aromatic carbocycles. The SMILES string of the molecule is COC(=O)CCCNC(=O)c1csc(C2CCN(S(=O)(=O)c3ccc(C)c(Cl)c3)CC2)n1. The van der Waals surface area contributed by atoms with E-state index >= 15 is 0 Å². The van der Waals surface area contributed by atoms with Crippen molar-refractivity contribution in [3.63, 3.8) is 0 Å². The fourth-order valence-corrected chi connectivity index (χ4v) is 6.15. The van der Waals surface area contributed by atoms with Gasteiger partial charge >= 0.3 is 5.97 Å². The van der Waals surface area contributed by atoms with E-state index in [-0.39, 0.29) is 29.1 Å². The van der Waals surface area contributed by atoms with Crippen LogP contribution in [0.25, 0.3) is 0 Å². The number of piperidine rings is 1. The number of halogens is 1. The number of carbonyl (C=O) groups excluding carboxylic acids is 2. The lowest BCUT2D eigenvalue weighted by atomic mass is 9.99. The molecule has 0 radical (unpaired) electrons. The molecule has 0 atom stereocenters. The van der Waals surface area contributed by atoms with Crippen LogP contribution in [-0.2, 0) is 19.6 Å². The lowest BCUT2D eigenvalue weighted by Gasteiger charge is -2.30. The summed E-state index contributed by atoms with van der Waals surface area (Å²) in [6, 6.07) is 4.79. The summed E-state index contributed by atoms with van der Waals surface area (Å²) in [4.78, 5) is 28.0. The molecule has 0 aliphatic carbocycles. The van der Waals surface area contributed by atoms with E-state index in [2.05, 4.69) is 15.0 Å². The number of hydrogen-bond donors (Lipinski definition) is 1. The molecular formula is C21H26ClN3O5S2. The van der Waals surface area contributed by atoms with E-state index in [1.54, 1.807) is 17.5 Å². The summed E-state index contributed by atoms with van der Waals surface area (Å²) in [7, 11) is -2.27. The highest BCUT2D eigenvalue weighted by atomic mass is 35.5. The van der Waals surface area contributed by atoms with Crippen molar-refractivity contribution in [3.05, 3.63) is 44.9 Å². The van der Waals surface area contributed by atoms with Gasteiger partial charge in [0, 0.05) is 42.4 Å². The highest BCUT2D eigenvalue weighted by molar-refractivity contribution is 7.89. The molecule has 0 spiro atoms. The van der Waals surface area contributed by atoms with Crippen molar-refractivity contribution in [2.75, 3.05) is 26.7 Å². The first-order valence-corrected chi connectivity index (χ1v) is 13.0. The predicted molar refractivity (Wildman–Crippen MR) is 123 cm³/mol. The van der Waals surface area contributed by atoms with Crippen LogP contribution in [0, 0.1) is 6.92 Å². The predicted octanol–water partition coefficient (Wildman–Crippen LogP) is 3.36. The summed E-state index contributed by atoms with van der Waals surface area (Å²) < 4.78 is 31.9. The molecule has 1 fully saturated rings. The average Bonchev–Trinajstić information content (AvgIpc) is 3.28. The van der Waals surface area contributed by atoms with Gasteiger partial charge in [0.15, 0.2) is 0 Å². The molecule has 8 nitrogen and oxygen atoms in total. The van der Waals surface area contributed by atoms with Crippen molar-refractivity contribution in [2.45, 2.75) is 43.4 Å². The van der Waals surface area contributed by atoms with Gasteiger partial charge in [0.2, 0.25) is 10.0 Å². The number of aromatic nitrogens is 1. The summed E-state index contributed by atoms with van der Waals surface area (Å²) in [5.41, 5.74) is 1.17. The first-order valence-electron chi connectivity index (χ1n) is 10.3. The zero-order valence-electron chi connectivity index (χ0n) is 18.0. The monoisotopic (exact) mass is 499 g/mol. The number of ether oxygens (including phenoxy) is 1. The van der Waals surface area contributed by atoms with E-state index < -0.39 is 10.0 Å². The van der Waals surface area contributed by atoms with E-state index in [4.69, 9.17) is 11.6 Å². The van der Waals surface area contributed by atoms with Crippen molar-refractivity contribution in [3.8, 4) is 0 Å². The van der Waals surface area contributed by atoms with E-state index in [0.717, 1.165) is 10.6 Å². The molecule has 3 rings (SSSR count). The average molecular weight is 500 g/mol. The molecule has 0 bridgehead atoms. The van der Waals surface area contributed by atoms with Crippen molar-refractivity contribution in [2.24, 2.45) is 0 Å². The highest BCUT2D eigenvalue weighted by Crippen LogP contribution is 2.33. The third-order valence-electron chi connectivity index (χ3n) is 5.41. The largest absolute Gasteiger partial charge is 0.469 e. The number of sulfonamides is 1. The van der Waals surface area contributed by atoms with Crippen molar-refractivity contribution >= 4 is 44.8 Å². The van der Waals surface area contributed by atoms with Crippen LogP contribution >= 0.6 is 22.9 Å². The number of esters is 1. The van der Waals surface area contributed by atoms with Gasteiger partial charge in [0.1, 0.15) is 5.69 Å². The smallest absolute Gasteiger partial charge is 0.305 e. The van der Waals surface area contributed by atoms with E-state index in [1.165, 1.54) is 28.8 Å². The van der Waals surface area contributed by atoms with Crippen molar-refractivity contribution in [1.82, 2.24) is 14.6 Å². The molecule has 1 amide bonds. The molecule has 1 aliphatic heterocycles. The van der Waals surface area contributed by atoms with Gasteiger partial charge in [-0.3, -0.25) is 9.59 Å². The zero-order chi connectivity index (χ0) is 23.3. The lowest BCUT2D eigenvalue weighted by molar-refractivity contribution is -0.140. The summed E-state index contributed by atoms with van der Waals surface area (Å²) in [6.07, 6.45) is 2.00. The fraction of sp³-hybridized carbons (Fsp3) is 0.476. The van der Waals surface area contributed by atoms with Gasteiger partial charge in [-0.15, -0.1) is 11.3 Å². The molecule has 0 saturated carbocycles. The Bertz CT molecular complexity index is 1080. The van der Waals surface area contributed by atoms with E-state index in [0.29, 0.717) is 49.6 Å². The Morgan fingerprint density at radius 1 is 1.31 bits per heavy atom. The van der Waals surface area contributed by atoms with Gasteiger partial charge in [0.05, 0.1) is 17.0 Å². The first kappa shape index (κ1) is 24.6. The van der Waals surface area contributed by atoms with Crippen molar-refractivity contribution < 1.29 is 22.7 Å². The Kier molecular flexibility index (Phi) is 8.26. The molecule has 1 aliphatic rings. The van der Waals surface area contributed by atoms with E-state index in [1.807, 2.05) is 6.92 Å². The maximum atomic E-state index is 12.9. The van der Waals surface area contributed by atoms with Crippen LogP contribution < -0.4 is 5.32 Å². The van der Waals surface area contributed by atoms with Crippen molar-refractivity contribution in [1.29, 1.82) is 0 Å². The van der Waals surface area contributed by atoms with Crippen LogP contribution in [0.3, 0.4) is 0 Å². The Morgan fingerprint density at radius 3 is 2.69 bits per heavy atom. The standard InChI is InChI=1S/C21H26ClN3O5S2/c1-14-5-6-16(12-17(14)22)32(28,29)25-10-7-15(8-11-25)21-24-18(13-31-21)20(27)23-9-3-4-19(26)30-2/h5-6,12-13,15H,3-4,7-11H2,1-2H3,(H,23,27). The summed E-state index contributed by atoms with van der Waals surface area (Å²) in [5.74, 6) is -0.489. The first-order chi connectivity index (χ1) is 15.2. The minimum atomic E-state index is -3.60. The number of nitrogens with one attached hydrogen (secondary N) is 1. The fourth-order valence-electron chi connectivity index (χ4n) is 3.43. The van der Waals surface area contributed by atoms with Gasteiger partial charge in [-0.1, -0.05) is 17.7 Å². The summed E-state index contributed by atoms with van der Waals surface area (Å²) in [6.45, 7) is 2.95. The molecule has 2 heterocycles. The molecule has 1 aromatic heterocycles. The second-order valence-corrected chi connectivity index (χ2v) is 10.8. The number of aryl methyl sites for hydroxylation is 1. The molecule has 1 saturated heterocycles. The van der Waals surface area contributed by atoms with Crippen LogP contribution in [-0.4, -0.2) is 56.3 Å². The van der Waals surface area contributed by atoms with Crippen LogP contribution in [0.15, 0.2) is 28.5 Å². The molecule has 0 unspecified atom stereocenters. The Morgan fingerprint density at radius 2 is 2.03 bits per heavy atom. The van der Waals surface area contributed by atoms with Crippen LogP contribution in [0.2, 0.25) is 5.02 Å². The van der Waals surface area contributed by atoms with Gasteiger partial charge < -0.3 is 10.1 Å². The number of thiazole rings is 1. The number of benzene rings is 1. The summed E-state index contributed by atoms with van der Waals surface area (Å²) >= 11 is 7.52. The third kappa shape index (κ3) is 5.86. The van der Waals surface area contributed by atoms with Gasteiger partial charge in [-0.2, -0.15) is 4.31 Å². The Labute approximate surface area is 197 Å². The normalized spacial score (nSPS) is 15.5. The van der Waals surface area contributed by atoms with Gasteiger partial charge in [0.25, 0.3) is 5.91 Å². The minimum Gasteiger partial charge on any atom is -0.469 e. The van der Waals surface area contributed by atoms with Crippen LogP contribution in [0.4, 0.5) is 0 Å².